The van der Waals surface area contributed by atoms with Crippen molar-refractivity contribution in [1.82, 2.24) is 9.55 Å². The molecule has 1 aromatic carbocycles. The Kier molecular flexibility index (Phi) is 7.41. The molecule has 2 aromatic heterocycles. The average Bonchev–Trinajstić information content (AvgIpc) is 3.08. The molecule has 0 aliphatic carbocycles. The third-order valence-corrected chi connectivity index (χ3v) is 7.86. The van der Waals surface area contributed by atoms with E-state index in [1.54, 1.807) is 15.9 Å². The molecule has 9 heteroatoms. The van der Waals surface area contributed by atoms with Gasteiger partial charge in [0.15, 0.2) is 5.16 Å². The van der Waals surface area contributed by atoms with Crippen molar-refractivity contribution in [3.63, 3.8) is 0 Å². The Hall–Kier alpha value is -2.36. The van der Waals surface area contributed by atoms with Gasteiger partial charge in [-0.05, 0) is 57.5 Å². The highest BCUT2D eigenvalue weighted by Gasteiger charge is 2.19. The van der Waals surface area contributed by atoms with Crippen LogP contribution in [0.2, 0.25) is 0 Å². The number of thioether (sulfide) groups is 1. The van der Waals surface area contributed by atoms with Gasteiger partial charge in [0.1, 0.15) is 4.83 Å². The van der Waals surface area contributed by atoms with Crippen LogP contribution >= 0.6 is 23.1 Å². The molecule has 0 atom stereocenters. The van der Waals surface area contributed by atoms with E-state index in [-0.39, 0.29) is 17.5 Å². The maximum atomic E-state index is 13.1. The van der Waals surface area contributed by atoms with Crippen LogP contribution in [0.3, 0.4) is 0 Å². The van der Waals surface area contributed by atoms with E-state index >= 15 is 0 Å². The van der Waals surface area contributed by atoms with Crippen LogP contribution in [0.15, 0.2) is 34.2 Å². The van der Waals surface area contributed by atoms with Gasteiger partial charge in [0.25, 0.3) is 5.56 Å². The standard InChI is InChI=1S/C24H30N4O3S2/c1-15(2)28-23(30)21-16(3)17(4)33-22(21)26-24(28)32-14-9-20(29)25-18-5-7-19(8-6-18)27-10-12-31-13-11-27/h5-8,15H,9-14H2,1-4H3,(H,25,29). The SMILES string of the molecule is Cc1sc2nc(SCCC(=O)Nc3ccc(N4CCOCC4)cc3)n(C(C)C)c(=O)c2c1C. The highest BCUT2D eigenvalue weighted by molar-refractivity contribution is 7.99. The second kappa shape index (κ2) is 10.3. The van der Waals surface area contributed by atoms with Gasteiger partial charge < -0.3 is 15.0 Å². The van der Waals surface area contributed by atoms with Crippen LogP contribution < -0.4 is 15.8 Å². The number of ether oxygens (including phenoxy) is 1. The summed E-state index contributed by atoms with van der Waals surface area (Å²) in [7, 11) is 0. The molecule has 0 saturated carbocycles. The summed E-state index contributed by atoms with van der Waals surface area (Å²) in [5.41, 5.74) is 2.94. The first-order valence-electron chi connectivity index (χ1n) is 11.2. The molecule has 7 nitrogen and oxygen atoms in total. The van der Waals surface area contributed by atoms with Crippen molar-refractivity contribution < 1.29 is 9.53 Å². The number of nitrogens with one attached hydrogen (secondary N) is 1. The van der Waals surface area contributed by atoms with E-state index in [4.69, 9.17) is 9.72 Å². The summed E-state index contributed by atoms with van der Waals surface area (Å²) < 4.78 is 7.14. The average molecular weight is 487 g/mol. The van der Waals surface area contributed by atoms with Crippen molar-refractivity contribution in [2.45, 2.75) is 45.3 Å². The Morgan fingerprint density at radius 2 is 1.91 bits per heavy atom. The summed E-state index contributed by atoms with van der Waals surface area (Å²) in [4.78, 5) is 34.6. The highest BCUT2D eigenvalue weighted by atomic mass is 32.2. The maximum Gasteiger partial charge on any atom is 0.263 e. The van der Waals surface area contributed by atoms with Gasteiger partial charge in [0.05, 0.1) is 18.6 Å². The minimum atomic E-state index is -0.0519. The summed E-state index contributed by atoms with van der Waals surface area (Å²) >= 11 is 3.01. The molecule has 1 aliphatic rings. The van der Waals surface area contributed by atoms with Crippen LogP contribution in [0, 0.1) is 13.8 Å². The molecule has 1 saturated heterocycles. The number of thiophene rings is 1. The quantitative estimate of drug-likeness (QED) is 0.388. The summed E-state index contributed by atoms with van der Waals surface area (Å²) in [5.74, 6) is 0.495. The Balaban J connectivity index is 1.38. The zero-order valence-electron chi connectivity index (χ0n) is 19.5. The lowest BCUT2D eigenvalue weighted by Gasteiger charge is -2.28. The minimum absolute atomic E-state index is 0.00385. The Bertz CT molecular complexity index is 1200. The molecular formula is C24H30N4O3S2. The molecule has 4 rings (SSSR count). The highest BCUT2D eigenvalue weighted by Crippen LogP contribution is 2.29. The van der Waals surface area contributed by atoms with Crippen LogP contribution in [0.5, 0.6) is 0 Å². The summed E-state index contributed by atoms with van der Waals surface area (Å²) in [6.07, 6.45) is 0.338. The third-order valence-electron chi connectivity index (χ3n) is 5.81. The number of hydrogen-bond donors (Lipinski definition) is 1. The molecule has 1 amide bonds. The number of benzene rings is 1. The predicted molar refractivity (Wildman–Crippen MR) is 137 cm³/mol. The van der Waals surface area contributed by atoms with Crippen LogP contribution in [0.25, 0.3) is 10.2 Å². The molecular weight excluding hydrogens is 456 g/mol. The number of fused-ring (bicyclic) bond motifs is 1. The summed E-state index contributed by atoms with van der Waals surface area (Å²) in [6, 6.07) is 7.92. The van der Waals surface area contributed by atoms with Gasteiger partial charge in [-0.3, -0.25) is 14.2 Å². The second-order valence-electron chi connectivity index (χ2n) is 8.42. The van der Waals surface area contributed by atoms with E-state index in [2.05, 4.69) is 10.2 Å². The number of aryl methyl sites for hydroxylation is 2. The topological polar surface area (TPSA) is 76.5 Å². The van der Waals surface area contributed by atoms with Crippen molar-refractivity contribution in [1.29, 1.82) is 0 Å². The molecule has 0 spiro atoms. The normalized spacial score (nSPS) is 14.3. The minimum Gasteiger partial charge on any atom is -0.378 e. The number of carbonyl (C=O) groups excluding carboxylic acids is 1. The third kappa shape index (κ3) is 5.26. The molecule has 3 heterocycles. The van der Waals surface area contributed by atoms with Crippen molar-refractivity contribution >= 4 is 50.6 Å². The van der Waals surface area contributed by atoms with E-state index in [9.17, 15) is 9.59 Å². The van der Waals surface area contributed by atoms with Crippen LogP contribution in [-0.4, -0.2) is 47.5 Å². The van der Waals surface area contributed by atoms with Gasteiger partial charge in [-0.15, -0.1) is 11.3 Å². The van der Waals surface area contributed by atoms with E-state index in [0.717, 1.165) is 52.9 Å². The monoisotopic (exact) mass is 486 g/mol. The lowest BCUT2D eigenvalue weighted by Crippen LogP contribution is -2.36. The number of nitrogens with zero attached hydrogens (tertiary/aromatic N) is 3. The van der Waals surface area contributed by atoms with Crippen molar-refractivity contribution in [2.24, 2.45) is 0 Å². The first-order valence-corrected chi connectivity index (χ1v) is 13.0. The Morgan fingerprint density at radius 1 is 1.21 bits per heavy atom. The van der Waals surface area contributed by atoms with Gasteiger partial charge in [-0.25, -0.2) is 4.98 Å². The molecule has 0 bridgehead atoms. The largest absolute Gasteiger partial charge is 0.378 e. The second-order valence-corrected chi connectivity index (χ2v) is 10.7. The van der Waals surface area contributed by atoms with Gasteiger partial charge in [-0.2, -0.15) is 0 Å². The first kappa shape index (κ1) is 23.8. The van der Waals surface area contributed by atoms with Crippen molar-refractivity contribution in [3.8, 4) is 0 Å². The fourth-order valence-corrected chi connectivity index (χ4v) is 6.02. The Labute approximate surface area is 202 Å². The molecule has 33 heavy (non-hydrogen) atoms. The number of anilines is 2. The molecule has 1 aliphatic heterocycles. The molecule has 1 N–H and O–H groups in total. The molecule has 3 aromatic rings. The summed E-state index contributed by atoms with van der Waals surface area (Å²) in [6.45, 7) is 11.2. The molecule has 176 valence electrons. The first-order chi connectivity index (χ1) is 15.8. The molecule has 0 unspecified atom stereocenters. The van der Waals surface area contributed by atoms with Gasteiger partial charge in [0, 0.05) is 47.6 Å². The maximum absolute atomic E-state index is 13.1. The van der Waals surface area contributed by atoms with E-state index in [1.165, 1.54) is 11.8 Å². The van der Waals surface area contributed by atoms with Crippen molar-refractivity contribution in [2.75, 3.05) is 42.3 Å². The lowest BCUT2D eigenvalue weighted by atomic mass is 10.2. The lowest BCUT2D eigenvalue weighted by molar-refractivity contribution is -0.115. The van der Waals surface area contributed by atoms with E-state index < -0.39 is 0 Å². The number of morpholine rings is 1. The van der Waals surface area contributed by atoms with Gasteiger partial charge in [-0.1, -0.05) is 11.8 Å². The van der Waals surface area contributed by atoms with Crippen LogP contribution in [-0.2, 0) is 9.53 Å². The number of amides is 1. The number of aromatic nitrogens is 2. The number of hydrogen-bond acceptors (Lipinski definition) is 7. The van der Waals surface area contributed by atoms with Gasteiger partial charge in [0.2, 0.25) is 5.91 Å². The molecule has 1 fully saturated rings. The van der Waals surface area contributed by atoms with Crippen LogP contribution in [0.4, 0.5) is 11.4 Å². The van der Waals surface area contributed by atoms with Crippen molar-refractivity contribution in [3.05, 3.63) is 45.1 Å². The zero-order chi connectivity index (χ0) is 23.5. The fraction of sp³-hybridized carbons (Fsp3) is 0.458. The number of rotatable bonds is 7. The number of carbonyl (C=O) groups is 1. The van der Waals surface area contributed by atoms with E-state index in [1.807, 2.05) is 52.0 Å². The Morgan fingerprint density at radius 3 is 2.58 bits per heavy atom. The smallest absolute Gasteiger partial charge is 0.263 e. The van der Waals surface area contributed by atoms with Crippen LogP contribution in [0.1, 0.15) is 36.8 Å². The summed E-state index contributed by atoms with van der Waals surface area (Å²) in [5, 5.41) is 4.35. The predicted octanol–water partition coefficient (Wildman–Crippen LogP) is 4.61. The fourth-order valence-electron chi connectivity index (χ4n) is 3.88. The molecule has 0 radical (unpaired) electrons. The van der Waals surface area contributed by atoms with Gasteiger partial charge >= 0.3 is 0 Å². The van der Waals surface area contributed by atoms with E-state index in [0.29, 0.717) is 22.7 Å². The zero-order valence-corrected chi connectivity index (χ0v) is 21.1.